The molecule has 0 saturated carbocycles. The van der Waals surface area contributed by atoms with Gasteiger partial charge in [0.1, 0.15) is 0 Å². The third-order valence-electron chi connectivity index (χ3n) is 3.60. The van der Waals surface area contributed by atoms with Crippen LogP contribution in [0.4, 0.5) is 26.3 Å². The number of carbonyl (C=O) groups is 2. The van der Waals surface area contributed by atoms with Gasteiger partial charge < -0.3 is 9.47 Å². The second-order valence-corrected chi connectivity index (χ2v) is 5.23. The van der Waals surface area contributed by atoms with Gasteiger partial charge >= 0.3 is 24.3 Å². The predicted octanol–water partition coefficient (Wildman–Crippen LogP) is 3.25. The zero-order chi connectivity index (χ0) is 18.0. The first-order valence-corrected chi connectivity index (χ1v) is 5.93. The van der Waals surface area contributed by atoms with Gasteiger partial charge in [-0.05, 0) is 13.8 Å². The fourth-order valence-electron chi connectivity index (χ4n) is 2.24. The number of ether oxygens (including phenoxy) is 2. The Balaban J connectivity index is 6.18. The summed E-state index contributed by atoms with van der Waals surface area (Å²) in [5.74, 6) is -3.16. The number of methoxy groups -OCH3 is 2. The van der Waals surface area contributed by atoms with Gasteiger partial charge in [-0.15, -0.1) is 0 Å². The van der Waals surface area contributed by atoms with E-state index in [1.54, 1.807) is 0 Å². The minimum atomic E-state index is -5.00. The zero-order valence-electron chi connectivity index (χ0n) is 12.3. The third-order valence-corrected chi connectivity index (χ3v) is 3.60. The molecule has 0 aromatic rings. The molecule has 2 atom stereocenters. The maximum atomic E-state index is 12.7. The SMILES string of the molecule is COC(=O)C(C)(CC(F)(F)F)C(C)(CC(F)(F)F)C(=O)OC. The molecule has 130 valence electrons. The number of carbonyl (C=O) groups excluding carboxylic acids is 2. The van der Waals surface area contributed by atoms with Crippen molar-refractivity contribution in [3.8, 4) is 0 Å². The smallest absolute Gasteiger partial charge is 0.390 e. The fourth-order valence-corrected chi connectivity index (χ4v) is 2.24. The average molecular weight is 338 g/mol. The van der Waals surface area contributed by atoms with E-state index in [2.05, 4.69) is 9.47 Å². The summed E-state index contributed by atoms with van der Waals surface area (Å²) in [5, 5.41) is 0. The Morgan fingerprint density at radius 2 is 0.955 bits per heavy atom. The van der Waals surface area contributed by atoms with Crippen molar-refractivity contribution in [2.45, 2.75) is 39.0 Å². The molecule has 0 heterocycles. The summed E-state index contributed by atoms with van der Waals surface area (Å²) in [4.78, 5) is 23.5. The van der Waals surface area contributed by atoms with E-state index in [4.69, 9.17) is 0 Å². The number of rotatable bonds is 5. The molecule has 0 bridgehead atoms. The molecular formula is C12H16F6O4. The Bertz CT molecular complexity index is 390. The molecule has 0 N–H and O–H groups in total. The number of hydrogen-bond donors (Lipinski definition) is 0. The topological polar surface area (TPSA) is 52.6 Å². The summed E-state index contributed by atoms with van der Waals surface area (Å²) in [6, 6.07) is 0. The van der Waals surface area contributed by atoms with Crippen LogP contribution in [0.25, 0.3) is 0 Å². The number of esters is 2. The van der Waals surface area contributed by atoms with E-state index in [-0.39, 0.29) is 0 Å². The van der Waals surface area contributed by atoms with Crippen molar-refractivity contribution in [2.75, 3.05) is 14.2 Å². The lowest BCUT2D eigenvalue weighted by Gasteiger charge is -2.42. The highest BCUT2D eigenvalue weighted by Crippen LogP contribution is 2.53. The maximum absolute atomic E-state index is 12.7. The molecule has 0 saturated heterocycles. The van der Waals surface area contributed by atoms with Crippen LogP contribution in [-0.2, 0) is 19.1 Å². The van der Waals surface area contributed by atoms with E-state index in [1.807, 2.05) is 0 Å². The highest BCUT2D eigenvalue weighted by atomic mass is 19.4. The first-order valence-electron chi connectivity index (χ1n) is 5.93. The molecule has 4 nitrogen and oxygen atoms in total. The normalized spacial score (nSPS) is 18.1. The molecule has 22 heavy (non-hydrogen) atoms. The van der Waals surface area contributed by atoms with Gasteiger partial charge in [0.2, 0.25) is 0 Å². The van der Waals surface area contributed by atoms with Gasteiger partial charge in [-0.1, -0.05) is 0 Å². The summed E-state index contributed by atoms with van der Waals surface area (Å²) in [5.41, 5.74) is -5.61. The van der Waals surface area contributed by atoms with Crippen LogP contribution in [0.15, 0.2) is 0 Å². The molecule has 0 amide bonds. The van der Waals surface area contributed by atoms with Crippen molar-refractivity contribution in [3.63, 3.8) is 0 Å². The summed E-state index contributed by atoms with van der Waals surface area (Å²) < 4.78 is 84.8. The van der Waals surface area contributed by atoms with E-state index < -0.39 is 48.0 Å². The van der Waals surface area contributed by atoms with Crippen LogP contribution in [0.3, 0.4) is 0 Å². The van der Waals surface area contributed by atoms with Gasteiger partial charge in [0.15, 0.2) is 0 Å². The van der Waals surface area contributed by atoms with Crippen LogP contribution in [0, 0.1) is 10.8 Å². The highest BCUT2D eigenvalue weighted by molar-refractivity contribution is 5.88. The Morgan fingerprint density at radius 3 is 1.09 bits per heavy atom. The van der Waals surface area contributed by atoms with E-state index >= 15 is 0 Å². The van der Waals surface area contributed by atoms with E-state index in [9.17, 15) is 35.9 Å². The van der Waals surface area contributed by atoms with Crippen LogP contribution in [0.5, 0.6) is 0 Å². The van der Waals surface area contributed by atoms with Crippen molar-refractivity contribution in [2.24, 2.45) is 10.8 Å². The summed E-state index contributed by atoms with van der Waals surface area (Å²) in [6.07, 6.45) is -13.9. The lowest BCUT2D eigenvalue weighted by Crippen LogP contribution is -2.53. The Morgan fingerprint density at radius 1 is 0.727 bits per heavy atom. The molecule has 2 unspecified atom stereocenters. The van der Waals surface area contributed by atoms with Crippen LogP contribution < -0.4 is 0 Å². The second-order valence-electron chi connectivity index (χ2n) is 5.23. The highest BCUT2D eigenvalue weighted by Gasteiger charge is 2.63. The van der Waals surface area contributed by atoms with Crippen LogP contribution in [0.1, 0.15) is 26.7 Å². The zero-order valence-corrected chi connectivity index (χ0v) is 12.3. The van der Waals surface area contributed by atoms with E-state index in [0.29, 0.717) is 13.8 Å². The number of alkyl halides is 6. The second kappa shape index (κ2) is 6.33. The standard InChI is InChI=1S/C12H16F6O4/c1-9(7(19)21-3,5-11(13,14)15)10(2,8(20)22-4)6-12(16,17)18/h5-6H2,1-4H3. The quantitative estimate of drug-likeness (QED) is 0.570. The third kappa shape index (κ3) is 4.51. The van der Waals surface area contributed by atoms with Gasteiger partial charge in [0.25, 0.3) is 0 Å². The molecule has 0 radical (unpaired) electrons. The van der Waals surface area contributed by atoms with Crippen molar-refractivity contribution in [1.82, 2.24) is 0 Å². The molecule has 0 aliphatic heterocycles. The molecule has 0 spiro atoms. The molecule has 0 rings (SSSR count). The lowest BCUT2D eigenvalue weighted by molar-refractivity contribution is -0.221. The average Bonchev–Trinajstić information content (AvgIpc) is 2.32. The maximum Gasteiger partial charge on any atom is 0.390 e. The summed E-state index contributed by atoms with van der Waals surface area (Å²) in [7, 11) is 1.45. The Hall–Kier alpha value is -1.48. The van der Waals surface area contributed by atoms with Gasteiger partial charge in [-0.2, -0.15) is 26.3 Å². The largest absolute Gasteiger partial charge is 0.469 e. The van der Waals surface area contributed by atoms with Gasteiger partial charge in [0.05, 0.1) is 37.9 Å². The van der Waals surface area contributed by atoms with Gasteiger partial charge in [-0.25, -0.2) is 0 Å². The summed E-state index contributed by atoms with van der Waals surface area (Å²) in [6.45, 7) is 1.21. The summed E-state index contributed by atoms with van der Waals surface area (Å²) >= 11 is 0. The monoisotopic (exact) mass is 338 g/mol. The number of halogens is 6. The van der Waals surface area contributed by atoms with Crippen LogP contribution in [0.2, 0.25) is 0 Å². The van der Waals surface area contributed by atoms with Crippen molar-refractivity contribution in [1.29, 1.82) is 0 Å². The van der Waals surface area contributed by atoms with Crippen molar-refractivity contribution < 1.29 is 45.4 Å². The van der Waals surface area contributed by atoms with Crippen molar-refractivity contribution >= 4 is 11.9 Å². The minimum Gasteiger partial charge on any atom is -0.469 e. The molecule has 10 heteroatoms. The number of hydrogen-bond acceptors (Lipinski definition) is 4. The molecular weight excluding hydrogens is 322 g/mol. The minimum absolute atomic E-state index is 0.606. The van der Waals surface area contributed by atoms with Gasteiger partial charge in [0, 0.05) is 0 Å². The van der Waals surface area contributed by atoms with E-state index in [0.717, 1.165) is 14.2 Å². The van der Waals surface area contributed by atoms with Crippen LogP contribution in [-0.4, -0.2) is 38.5 Å². The first-order chi connectivity index (χ1) is 9.63. The molecule has 0 aromatic heterocycles. The lowest BCUT2D eigenvalue weighted by atomic mass is 9.61. The first kappa shape index (κ1) is 20.5. The molecule has 0 aliphatic rings. The molecule has 0 fully saturated rings. The van der Waals surface area contributed by atoms with E-state index in [1.165, 1.54) is 0 Å². The molecule has 0 aliphatic carbocycles. The van der Waals surface area contributed by atoms with Crippen LogP contribution >= 0.6 is 0 Å². The van der Waals surface area contributed by atoms with Gasteiger partial charge in [-0.3, -0.25) is 9.59 Å². The Kier molecular flexibility index (Phi) is 5.90. The van der Waals surface area contributed by atoms with Crippen molar-refractivity contribution in [3.05, 3.63) is 0 Å². The molecule has 0 aromatic carbocycles. The predicted molar refractivity (Wildman–Crippen MR) is 61.6 cm³/mol. The fraction of sp³-hybridized carbons (Fsp3) is 0.833. The Labute approximate surface area is 122 Å².